The fraction of sp³-hybridized carbons (Fsp3) is 0.708. The highest BCUT2D eigenvalue weighted by atomic mass is 16.6. The highest BCUT2D eigenvalue weighted by Gasteiger charge is 2.76. The van der Waals surface area contributed by atoms with E-state index in [1.165, 1.54) is 17.2 Å². The van der Waals surface area contributed by atoms with Crippen LogP contribution in [-0.4, -0.2) is 144 Å². The Labute approximate surface area is 224 Å². The largest absolute Gasteiger partial charge is 0.387 e. The molecule has 0 aromatic carbocycles. The van der Waals surface area contributed by atoms with E-state index in [4.69, 9.17) is 10.5 Å². The van der Waals surface area contributed by atoms with Crippen LogP contribution in [0.2, 0.25) is 0 Å². The Morgan fingerprint density at radius 2 is 1.72 bits per heavy atom. The minimum absolute atomic E-state index is 0.178. The Balaban J connectivity index is 0.931. The van der Waals surface area contributed by atoms with Crippen LogP contribution in [-0.2, 0) is 14.3 Å². The number of imidazole rings is 1. The Hall–Kier alpha value is -2.79. The number of fused-ring (bicyclic) bond motifs is 1. The maximum Gasteiger partial charge on any atom is 0.317 e. The van der Waals surface area contributed by atoms with E-state index in [1.54, 1.807) is 0 Å². The second-order valence-corrected chi connectivity index (χ2v) is 11.1. The van der Waals surface area contributed by atoms with Gasteiger partial charge in [-0.2, -0.15) is 0 Å². The van der Waals surface area contributed by atoms with Crippen molar-refractivity contribution < 1.29 is 29.0 Å². The number of carbonyl (C=O) groups is 2. The number of hydrogen-bond acceptors (Lipinski definition) is 12. The van der Waals surface area contributed by atoms with E-state index in [2.05, 4.69) is 35.0 Å². The van der Waals surface area contributed by atoms with Crippen molar-refractivity contribution in [2.45, 2.75) is 49.7 Å². The van der Waals surface area contributed by atoms with Gasteiger partial charge in [0, 0.05) is 32.7 Å². The van der Waals surface area contributed by atoms with Gasteiger partial charge in [0.15, 0.2) is 23.8 Å². The zero-order valence-corrected chi connectivity index (χ0v) is 21.7. The maximum atomic E-state index is 13.7. The summed E-state index contributed by atoms with van der Waals surface area (Å²) in [4.78, 5) is 46.2. The van der Waals surface area contributed by atoms with Crippen LogP contribution < -0.4 is 11.1 Å². The van der Waals surface area contributed by atoms with Gasteiger partial charge in [-0.1, -0.05) is 0 Å². The Bertz CT molecular complexity index is 1270. The van der Waals surface area contributed by atoms with Gasteiger partial charge >= 0.3 is 5.91 Å². The summed E-state index contributed by atoms with van der Waals surface area (Å²) in [5, 5.41) is 23.9. The van der Waals surface area contributed by atoms with Gasteiger partial charge in [0.1, 0.15) is 37.1 Å². The van der Waals surface area contributed by atoms with Crippen LogP contribution in [0, 0.1) is 0 Å². The number of hydrogen-bond donors (Lipinski definition) is 4. The minimum atomic E-state index is -1.43. The van der Waals surface area contributed by atoms with E-state index in [9.17, 15) is 19.8 Å². The number of unbranched alkanes of at least 4 members (excludes halogenated alkanes) is 1. The summed E-state index contributed by atoms with van der Waals surface area (Å²) in [5.74, 6) is -0.307. The first-order valence-electron chi connectivity index (χ1n) is 13.8. The lowest BCUT2D eigenvalue weighted by Crippen LogP contribution is -2.70. The van der Waals surface area contributed by atoms with Crippen molar-refractivity contribution in [3.05, 3.63) is 12.7 Å². The first kappa shape index (κ1) is 25.2. The monoisotopic (exact) mass is 543 g/mol. The van der Waals surface area contributed by atoms with Gasteiger partial charge in [-0.15, -0.1) is 0 Å². The Kier molecular flexibility index (Phi) is 5.89. The van der Waals surface area contributed by atoms with E-state index in [0.29, 0.717) is 41.5 Å². The number of carbonyl (C=O) groups excluding carboxylic acids is 2. The number of nitrogens with zero attached hydrogens (tertiary/aromatic N) is 8. The summed E-state index contributed by atoms with van der Waals surface area (Å²) in [5.41, 5.74) is 6.50. The van der Waals surface area contributed by atoms with Crippen molar-refractivity contribution in [3.8, 4) is 0 Å². The van der Waals surface area contributed by atoms with Gasteiger partial charge in [-0.05, 0) is 12.8 Å². The molecule has 15 nitrogen and oxygen atoms in total. The number of anilines is 1. The summed E-state index contributed by atoms with van der Waals surface area (Å²) in [7, 11) is 0. The van der Waals surface area contributed by atoms with Gasteiger partial charge in [0.2, 0.25) is 0 Å². The second-order valence-electron chi connectivity index (χ2n) is 11.1. The van der Waals surface area contributed by atoms with Crippen LogP contribution >= 0.6 is 0 Å². The highest BCUT2D eigenvalue weighted by molar-refractivity contribution is 5.82. The predicted octanol–water partition coefficient (Wildman–Crippen LogP) is -2.77. The second kappa shape index (κ2) is 9.12. The third-order valence-electron chi connectivity index (χ3n) is 9.38. The van der Waals surface area contributed by atoms with Crippen LogP contribution in [0.4, 0.5) is 5.82 Å². The molecule has 2 amide bonds. The maximum absolute atomic E-state index is 13.7. The van der Waals surface area contributed by atoms with E-state index in [0.717, 1.165) is 52.4 Å². The molecular formula is C24H35N10O5+. The molecule has 0 saturated carbocycles. The summed E-state index contributed by atoms with van der Waals surface area (Å²) in [6.07, 6.45) is -0.719. The number of nitrogen functional groups attached to an aromatic ring is 1. The van der Waals surface area contributed by atoms with Crippen molar-refractivity contribution in [2.24, 2.45) is 0 Å². The molecule has 5 aliphatic rings. The SMILES string of the molecule is Nc1ncnc2c1ncn2[C@@H]1O[C@H](C(=O)NCCCCC(=O)[N+]23CCN4CCN5CCN(CC2)C543)[C@@H](O)[C@H]1O. The molecule has 5 fully saturated rings. The fourth-order valence-corrected chi connectivity index (χ4v) is 7.63. The van der Waals surface area contributed by atoms with Gasteiger partial charge in [0.05, 0.1) is 25.8 Å². The van der Waals surface area contributed by atoms with Crippen LogP contribution in [0.5, 0.6) is 0 Å². The highest BCUT2D eigenvalue weighted by Crippen LogP contribution is 2.50. The zero-order chi connectivity index (χ0) is 26.9. The number of amides is 2. The first-order valence-corrected chi connectivity index (χ1v) is 13.8. The molecule has 4 atom stereocenters. The van der Waals surface area contributed by atoms with Crippen LogP contribution in [0.1, 0.15) is 25.5 Å². The first-order chi connectivity index (χ1) is 18.9. The Morgan fingerprint density at radius 3 is 2.44 bits per heavy atom. The fourth-order valence-electron chi connectivity index (χ4n) is 7.63. The number of quaternary nitrogens is 1. The quantitative estimate of drug-likeness (QED) is 0.209. The number of aliphatic hydroxyl groups is 2. The van der Waals surface area contributed by atoms with Crippen molar-refractivity contribution in [3.63, 3.8) is 0 Å². The zero-order valence-electron chi connectivity index (χ0n) is 21.7. The summed E-state index contributed by atoms with van der Waals surface area (Å²) in [6, 6.07) is 0. The molecular weight excluding hydrogens is 508 g/mol. The van der Waals surface area contributed by atoms with Crippen molar-refractivity contribution >= 4 is 28.8 Å². The number of aromatic nitrogens is 4. The average Bonchev–Trinajstić information content (AvgIpc) is 3.73. The lowest BCUT2D eigenvalue weighted by Gasteiger charge is -2.44. The number of nitrogens with two attached hydrogens (primary N) is 1. The van der Waals surface area contributed by atoms with E-state index in [1.807, 2.05) is 0 Å². The lowest BCUT2D eigenvalue weighted by atomic mass is 10.1. The Morgan fingerprint density at radius 1 is 1.03 bits per heavy atom. The third kappa shape index (κ3) is 3.38. The number of aliphatic hydroxyl groups excluding tert-OH is 2. The molecule has 0 radical (unpaired) electrons. The molecule has 0 bridgehead atoms. The molecule has 5 saturated heterocycles. The summed E-state index contributed by atoms with van der Waals surface area (Å²) in [6.45, 7) is 8.10. The number of nitrogens with one attached hydrogen (secondary N) is 1. The molecule has 39 heavy (non-hydrogen) atoms. The van der Waals surface area contributed by atoms with Crippen LogP contribution in [0.15, 0.2) is 12.7 Å². The van der Waals surface area contributed by atoms with Crippen LogP contribution in [0.25, 0.3) is 11.2 Å². The average molecular weight is 544 g/mol. The van der Waals surface area contributed by atoms with Crippen molar-refractivity contribution in [1.82, 2.24) is 39.5 Å². The number of ether oxygens (including phenoxy) is 1. The predicted molar refractivity (Wildman–Crippen MR) is 135 cm³/mol. The topological polar surface area (TPSA) is 175 Å². The molecule has 2 aromatic heterocycles. The minimum Gasteiger partial charge on any atom is -0.387 e. The van der Waals surface area contributed by atoms with Crippen LogP contribution in [0.3, 0.4) is 0 Å². The summed E-state index contributed by atoms with van der Waals surface area (Å²) >= 11 is 0. The van der Waals surface area contributed by atoms with Crippen molar-refractivity contribution in [1.29, 1.82) is 0 Å². The molecule has 7 heterocycles. The molecule has 7 rings (SSSR count). The van der Waals surface area contributed by atoms with Crippen molar-refractivity contribution in [2.75, 3.05) is 64.6 Å². The number of rotatable bonds is 7. The molecule has 5 aliphatic heterocycles. The van der Waals surface area contributed by atoms with E-state index < -0.39 is 30.4 Å². The molecule has 0 unspecified atom stereocenters. The molecule has 2 aromatic rings. The smallest absolute Gasteiger partial charge is 0.317 e. The van der Waals surface area contributed by atoms with Gasteiger partial charge in [-0.3, -0.25) is 9.36 Å². The van der Waals surface area contributed by atoms with Gasteiger partial charge in [0.25, 0.3) is 11.8 Å². The third-order valence-corrected chi connectivity index (χ3v) is 9.38. The standard InChI is InChI=1S/C24H34N10O5/c25-20-16-21(28-13-27-20)33(14-29-16)23-18(37)17(36)19(39-23)22(38)26-4-2-1-3-15(35)34-11-9-31-7-5-30-6-8-32(10-12-34)24(30,31)34/h13-14,17-19,23,36-37H,1-12H2,(H2-,25,26,27,28,38)/p+1/t17-,18+,19-,23+,24?,34?/m0/s1. The molecule has 0 aliphatic carbocycles. The molecule has 15 heteroatoms. The van der Waals surface area contributed by atoms with Gasteiger partial charge < -0.3 is 26.0 Å². The summed E-state index contributed by atoms with van der Waals surface area (Å²) < 4.78 is 7.71. The molecule has 1 spiro atoms. The lowest BCUT2D eigenvalue weighted by molar-refractivity contribution is -0.906. The normalized spacial score (nSPS) is 36.2. The van der Waals surface area contributed by atoms with E-state index >= 15 is 0 Å². The van der Waals surface area contributed by atoms with Gasteiger partial charge in [-0.25, -0.2) is 38.9 Å². The molecule has 5 N–H and O–H groups in total. The van der Waals surface area contributed by atoms with E-state index in [-0.39, 0.29) is 17.6 Å². The molecule has 210 valence electrons.